The third-order valence-corrected chi connectivity index (χ3v) is 6.04. The molecule has 2 saturated heterocycles. The number of allylic oxidation sites excluding steroid dienone is 2. The minimum Gasteiger partial charge on any atom is -0.367 e. The molecule has 6 nitrogen and oxygen atoms in total. The number of benzene rings is 1. The lowest BCUT2D eigenvalue weighted by molar-refractivity contribution is -0.146. The number of rotatable bonds is 3. The molecule has 4 rings (SSSR count). The molecular weight excluding hydrogens is 366 g/mol. The molecule has 1 aromatic rings. The molecule has 2 fully saturated rings. The van der Waals surface area contributed by atoms with Gasteiger partial charge in [0.2, 0.25) is 17.7 Å². The number of likely N-dealkylation sites (tertiary alicyclic amines) is 1. The second-order valence-electron chi connectivity index (χ2n) is 7.24. The molecule has 0 radical (unpaired) electrons. The van der Waals surface area contributed by atoms with E-state index >= 15 is 0 Å². The van der Waals surface area contributed by atoms with Crippen LogP contribution in [0.25, 0.3) is 0 Å². The van der Waals surface area contributed by atoms with Gasteiger partial charge in [0.25, 0.3) is 0 Å². The van der Waals surface area contributed by atoms with Gasteiger partial charge in [-0.05, 0) is 25.0 Å². The van der Waals surface area contributed by atoms with Crippen molar-refractivity contribution in [1.82, 2.24) is 9.80 Å². The summed E-state index contributed by atoms with van der Waals surface area (Å²) in [4.78, 5) is 42.8. The lowest BCUT2D eigenvalue weighted by atomic mass is 9.85. The van der Waals surface area contributed by atoms with E-state index in [2.05, 4.69) is 4.90 Å². The summed E-state index contributed by atoms with van der Waals surface area (Å²) in [5.41, 5.74) is 0.965. The summed E-state index contributed by atoms with van der Waals surface area (Å²) in [5, 5.41) is 0.696. The van der Waals surface area contributed by atoms with Gasteiger partial charge in [0.05, 0.1) is 22.5 Å². The summed E-state index contributed by atoms with van der Waals surface area (Å²) in [6.45, 7) is 2.30. The van der Waals surface area contributed by atoms with Crippen LogP contribution in [0.2, 0.25) is 5.02 Å². The molecule has 142 valence electrons. The van der Waals surface area contributed by atoms with Crippen LogP contribution in [0.5, 0.6) is 0 Å². The second-order valence-corrected chi connectivity index (χ2v) is 7.64. The van der Waals surface area contributed by atoms with Gasteiger partial charge in [0.15, 0.2) is 0 Å². The molecule has 2 aliphatic heterocycles. The fraction of sp³-hybridized carbons (Fsp3) is 0.450. The van der Waals surface area contributed by atoms with E-state index in [0.717, 1.165) is 5.69 Å². The maximum absolute atomic E-state index is 12.7. The van der Waals surface area contributed by atoms with Gasteiger partial charge in [0.1, 0.15) is 6.54 Å². The zero-order chi connectivity index (χ0) is 19.0. The van der Waals surface area contributed by atoms with Gasteiger partial charge < -0.3 is 9.80 Å². The third-order valence-electron chi connectivity index (χ3n) is 5.72. The quantitative estimate of drug-likeness (QED) is 0.587. The molecule has 2 heterocycles. The molecule has 0 spiro atoms. The number of hydrogen-bond acceptors (Lipinski definition) is 4. The van der Waals surface area contributed by atoms with Crippen LogP contribution in [0.4, 0.5) is 5.69 Å². The Morgan fingerprint density at radius 1 is 0.963 bits per heavy atom. The number of piperazine rings is 1. The fourth-order valence-electron chi connectivity index (χ4n) is 4.17. The van der Waals surface area contributed by atoms with Crippen molar-refractivity contribution < 1.29 is 14.4 Å². The highest BCUT2D eigenvalue weighted by Gasteiger charge is 2.48. The molecular formula is C20H22ClN3O3. The van der Waals surface area contributed by atoms with Gasteiger partial charge in [-0.1, -0.05) is 35.9 Å². The van der Waals surface area contributed by atoms with Crippen molar-refractivity contribution in [3.63, 3.8) is 0 Å². The first-order chi connectivity index (χ1) is 13.1. The fourth-order valence-corrected chi connectivity index (χ4v) is 4.42. The van der Waals surface area contributed by atoms with E-state index in [0.29, 0.717) is 44.0 Å². The van der Waals surface area contributed by atoms with E-state index < -0.39 is 0 Å². The lowest BCUT2D eigenvalue weighted by Gasteiger charge is -2.37. The Labute approximate surface area is 163 Å². The van der Waals surface area contributed by atoms with Gasteiger partial charge in [-0.3, -0.25) is 19.3 Å². The molecule has 27 heavy (non-hydrogen) atoms. The molecule has 3 amide bonds. The number of imide groups is 1. The number of halogens is 1. The van der Waals surface area contributed by atoms with Crippen LogP contribution in [0.15, 0.2) is 36.4 Å². The van der Waals surface area contributed by atoms with Gasteiger partial charge in [-0.25, -0.2) is 0 Å². The number of para-hydroxylation sites is 1. The Kier molecular flexibility index (Phi) is 4.91. The van der Waals surface area contributed by atoms with E-state index in [-0.39, 0.29) is 36.1 Å². The Bertz CT molecular complexity index is 775. The molecule has 2 atom stereocenters. The number of nitrogens with zero attached hydrogens (tertiary/aromatic N) is 3. The standard InChI is InChI=1S/C20H22ClN3O3/c21-16-7-3-4-8-17(16)22-9-11-23(12-10-22)18(25)13-24-19(26)14-5-1-2-6-15(14)20(24)27/h1-4,7-8,14-15H,5-6,9-13H2/t14-,15+. The minimum absolute atomic E-state index is 0.142. The summed E-state index contributed by atoms with van der Waals surface area (Å²) in [6, 6.07) is 7.66. The summed E-state index contributed by atoms with van der Waals surface area (Å²) in [6.07, 6.45) is 5.09. The van der Waals surface area contributed by atoms with Crippen molar-refractivity contribution in [2.24, 2.45) is 11.8 Å². The third kappa shape index (κ3) is 3.34. The van der Waals surface area contributed by atoms with Crippen molar-refractivity contribution in [3.05, 3.63) is 41.4 Å². The van der Waals surface area contributed by atoms with E-state index in [1.807, 2.05) is 36.4 Å². The lowest BCUT2D eigenvalue weighted by Crippen LogP contribution is -2.52. The van der Waals surface area contributed by atoms with E-state index in [4.69, 9.17) is 11.6 Å². The summed E-state index contributed by atoms with van der Waals surface area (Å²) >= 11 is 6.25. The van der Waals surface area contributed by atoms with Crippen LogP contribution in [0, 0.1) is 11.8 Å². The minimum atomic E-state index is -0.285. The number of amides is 3. The average Bonchev–Trinajstić information content (AvgIpc) is 2.94. The summed E-state index contributed by atoms with van der Waals surface area (Å²) in [7, 11) is 0. The van der Waals surface area contributed by atoms with Crippen LogP contribution < -0.4 is 4.90 Å². The maximum Gasteiger partial charge on any atom is 0.242 e. The van der Waals surface area contributed by atoms with Crippen LogP contribution in [0.1, 0.15) is 12.8 Å². The van der Waals surface area contributed by atoms with Crippen LogP contribution >= 0.6 is 11.6 Å². The number of hydrogen-bond donors (Lipinski definition) is 0. The number of anilines is 1. The summed E-state index contributed by atoms with van der Waals surface area (Å²) < 4.78 is 0. The van der Waals surface area contributed by atoms with Crippen LogP contribution in [0.3, 0.4) is 0 Å². The predicted octanol–water partition coefficient (Wildman–Crippen LogP) is 1.94. The molecule has 3 aliphatic rings. The monoisotopic (exact) mass is 387 g/mol. The van der Waals surface area contributed by atoms with Crippen LogP contribution in [-0.4, -0.2) is 60.2 Å². The Morgan fingerprint density at radius 3 is 2.15 bits per heavy atom. The van der Waals surface area contributed by atoms with Gasteiger partial charge >= 0.3 is 0 Å². The van der Waals surface area contributed by atoms with Crippen molar-refractivity contribution in [3.8, 4) is 0 Å². The van der Waals surface area contributed by atoms with Gasteiger partial charge in [0, 0.05) is 26.2 Å². The van der Waals surface area contributed by atoms with Crippen molar-refractivity contribution >= 4 is 35.0 Å². The predicted molar refractivity (Wildman–Crippen MR) is 102 cm³/mol. The smallest absolute Gasteiger partial charge is 0.242 e. The zero-order valence-corrected chi connectivity index (χ0v) is 15.8. The molecule has 0 unspecified atom stereocenters. The first-order valence-electron chi connectivity index (χ1n) is 9.33. The van der Waals surface area contributed by atoms with E-state index in [1.54, 1.807) is 4.90 Å². The van der Waals surface area contributed by atoms with E-state index in [1.165, 1.54) is 4.90 Å². The first-order valence-corrected chi connectivity index (χ1v) is 9.71. The molecule has 0 N–H and O–H groups in total. The largest absolute Gasteiger partial charge is 0.367 e. The number of fused-ring (bicyclic) bond motifs is 1. The second kappa shape index (κ2) is 7.35. The van der Waals surface area contributed by atoms with Crippen molar-refractivity contribution in [2.45, 2.75) is 12.8 Å². The highest BCUT2D eigenvalue weighted by atomic mass is 35.5. The molecule has 1 aliphatic carbocycles. The van der Waals surface area contributed by atoms with E-state index in [9.17, 15) is 14.4 Å². The van der Waals surface area contributed by atoms with Crippen molar-refractivity contribution in [2.75, 3.05) is 37.6 Å². The molecule has 7 heteroatoms. The van der Waals surface area contributed by atoms with Gasteiger partial charge in [-0.2, -0.15) is 0 Å². The molecule has 1 aromatic carbocycles. The zero-order valence-electron chi connectivity index (χ0n) is 15.0. The van der Waals surface area contributed by atoms with Crippen LogP contribution in [-0.2, 0) is 14.4 Å². The number of carbonyl (C=O) groups excluding carboxylic acids is 3. The Morgan fingerprint density at radius 2 is 1.56 bits per heavy atom. The Balaban J connectivity index is 1.36. The van der Waals surface area contributed by atoms with Crippen molar-refractivity contribution in [1.29, 1.82) is 0 Å². The topological polar surface area (TPSA) is 60.9 Å². The molecule has 0 aromatic heterocycles. The average molecular weight is 388 g/mol. The maximum atomic E-state index is 12.7. The first kappa shape index (κ1) is 18.0. The van der Waals surface area contributed by atoms with Gasteiger partial charge in [-0.15, -0.1) is 0 Å². The molecule has 0 saturated carbocycles. The highest BCUT2D eigenvalue weighted by molar-refractivity contribution is 6.33. The normalized spacial score (nSPS) is 25.1. The SMILES string of the molecule is O=C(CN1C(=O)[C@H]2CC=CC[C@H]2C1=O)N1CCN(c2ccccc2Cl)CC1. The summed E-state index contributed by atoms with van der Waals surface area (Å²) in [5.74, 6) is -1.13. The number of carbonyl (C=O) groups is 3. The highest BCUT2D eigenvalue weighted by Crippen LogP contribution is 2.35. The molecule has 0 bridgehead atoms. The Hall–Kier alpha value is -2.34.